The van der Waals surface area contributed by atoms with Crippen LogP contribution in [0, 0.1) is 10.1 Å². The number of nitro groups is 1. The van der Waals surface area contributed by atoms with Crippen molar-refractivity contribution in [3.63, 3.8) is 0 Å². The Bertz CT molecular complexity index is 371. The Balaban J connectivity index is 0.000000184. The number of rotatable bonds is 2. The Morgan fingerprint density at radius 3 is 2.33 bits per heavy atom. The summed E-state index contributed by atoms with van der Waals surface area (Å²) in [4.78, 5) is 14.9. The minimum Gasteiger partial charge on any atom is -0.394 e. The Morgan fingerprint density at radius 2 is 2.11 bits per heavy atom. The summed E-state index contributed by atoms with van der Waals surface area (Å²) in [6, 6.07) is 0. The van der Waals surface area contributed by atoms with Gasteiger partial charge in [-0.3, -0.25) is 0 Å². The summed E-state index contributed by atoms with van der Waals surface area (Å²) in [6.07, 6.45) is -2.02. The topological polar surface area (TPSA) is 162 Å². The van der Waals surface area contributed by atoms with Crippen LogP contribution in [-0.2, 0) is 4.74 Å². The van der Waals surface area contributed by atoms with Gasteiger partial charge in [-0.1, -0.05) is 4.98 Å². The second-order valence-electron chi connectivity index (χ2n) is 3.40. The van der Waals surface area contributed by atoms with Gasteiger partial charge in [-0.15, -0.1) is 0 Å². The number of H-pyrrole nitrogens is 1. The summed E-state index contributed by atoms with van der Waals surface area (Å²) in [5.74, 6) is -0.218. The van der Waals surface area contributed by atoms with Crippen LogP contribution in [0.25, 0.3) is 0 Å². The molecule has 1 unspecified atom stereocenters. The highest BCUT2D eigenvalue weighted by Gasteiger charge is 2.41. The summed E-state index contributed by atoms with van der Waals surface area (Å²) >= 11 is 0. The van der Waals surface area contributed by atoms with E-state index in [4.69, 9.17) is 20.4 Å². The number of hydrogen-bond acceptors (Lipinski definition) is 8. The zero-order valence-corrected chi connectivity index (χ0v) is 9.08. The Morgan fingerprint density at radius 1 is 1.44 bits per heavy atom. The number of aliphatic hydroxyl groups is 4. The van der Waals surface area contributed by atoms with Crippen LogP contribution in [0.4, 0.5) is 5.95 Å². The molecule has 5 N–H and O–H groups in total. The van der Waals surface area contributed by atoms with E-state index < -0.39 is 36.1 Å². The third kappa shape index (κ3) is 3.45. The summed E-state index contributed by atoms with van der Waals surface area (Å²) in [6.45, 7) is -0.407. The van der Waals surface area contributed by atoms with Gasteiger partial charge in [0.05, 0.1) is 12.8 Å². The van der Waals surface area contributed by atoms with Crippen LogP contribution in [-0.4, -0.2) is 66.5 Å². The Kier molecular flexibility index (Phi) is 5.12. The first-order chi connectivity index (χ1) is 8.47. The minimum atomic E-state index is -1.38. The van der Waals surface area contributed by atoms with Crippen molar-refractivity contribution >= 4 is 5.95 Å². The number of aromatic nitrogens is 2. The lowest BCUT2D eigenvalue weighted by Gasteiger charge is -2.09. The number of hydrogen-bond donors (Lipinski definition) is 5. The fourth-order valence-electron chi connectivity index (χ4n) is 1.24. The first-order valence-corrected chi connectivity index (χ1v) is 4.91. The molecule has 102 valence electrons. The zero-order chi connectivity index (χ0) is 13.7. The smallest absolute Gasteiger partial charge is 0.394 e. The van der Waals surface area contributed by atoms with Gasteiger partial charge in [-0.2, -0.15) is 0 Å². The molecule has 10 heteroatoms. The number of nitrogens with one attached hydrogen (secondary N) is 1. The van der Waals surface area contributed by atoms with E-state index in [2.05, 4.69) is 14.7 Å². The van der Waals surface area contributed by atoms with Gasteiger partial charge in [0.25, 0.3) is 0 Å². The second-order valence-corrected chi connectivity index (χ2v) is 3.40. The predicted octanol–water partition coefficient (Wildman–Crippen LogP) is -2.26. The van der Waals surface area contributed by atoms with Crippen molar-refractivity contribution in [2.45, 2.75) is 24.6 Å². The minimum absolute atomic E-state index is 0.218. The van der Waals surface area contributed by atoms with E-state index in [0.717, 1.165) is 0 Å². The van der Waals surface area contributed by atoms with Gasteiger partial charge in [0, 0.05) is 0 Å². The average Bonchev–Trinajstić information content (AvgIpc) is 2.95. The van der Waals surface area contributed by atoms with Crippen molar-refractivity contribution in [2.24, 2.45) is 0 Å². The monoisotopic (exact) mass is 263 g/mol. The second kappa shape index (κ2) is 6.37. The van der Waals surface area contributed by atoms with Gasteiger partial charge < -0.3 is 35.3 Å². The highest BCUT2D eigenvalue weighted by molar-refractivity contribution is 5.00. The average molecular weight is 263 g/mol. The number of nitrogens with zero attached hydrogens (tertiary/aromatic N) is 2. The first kappa shape index (κ1) is 14.5. The number of imidazole rings is 1. The van der Waals surface area contributed by atoms with Crippen molar-refractivity contribution < 1.29 is 30.1 Å². The van der Waals surface area contributed by atoms with Gasteiger partial charge in [0.1, 0.15) is 24.5 Å². The molecular formula is C8H13N3O7. The lowest BCUT2D eigenvalue weighted by Crippen LogP contribution is -2.33. The molecule has 0 amide bonds. The quantitative estimate of drug-likeness (QED) is 0.295. The molecule has 1 saturated heterocycles. The largest absolute Gasteiger partial charge is 0.432 e. The molecule has 0 saturated carbocycles. The number of aliphatic hydroxyl groups excluding tert-OH is 4. The van der Waals surface area contributed by atoms with Crippen molar-refractivity contribution in [1.82, 2.24) is 9.97 Å². The number of ether oxygens (including phenoxy) is 1. The van der Waals surface area contributed by atoms with Crippen LogP contribution in [0.1, 0.15) is 0 Å². The molecule has 1 fully saturated rings. The maximum Gasteiger partial charge on any atom is 0.432 e. The molecule has 0 bridgehead atoms. The van der Waals surface area contributed by atoms with Crippen LogP contribution in [0.15, 0.2) is 12.4 Å². The van der Waals surface area contributed by atoms with Gasteiger partial charge >= 0.3 is 5.95 Å². The normalized spacial score (nSPS) is 30.7. The Labute approximate surface area is 101 Å². The molecule has 1 aromatic rings. The van der Waals surface area contributed by atoms with Crippen LogP contribution < -0.4 is 0 Å². The first-order valence-electron chi connectivity index (χ1n) is 4.91. The van der Waals surface area contributed by atoms with Crippen molar-refractivity contribution in [3.05, 3.63) is 22.5 Å². The van der Waals surface area contributed by atoms with Gasteiger partial charge in [-0.25, -0.2) is 4.98 Å². The summed E-state index contributed by atoms with van der Waals surface area (Å²) in [7, 11) is 0. The van der Waals surface area contributed by atoms with Gasteiger partial charge in [0.15, 0.2) is 6.29 Å². The predicted molar refractivity (Wildman–Crippen MR) is 55.2 cm³/mol. The van der Waals surface area contributed by atoms with Crippen LogP contribution in [0.2, 0.25) is 0 Å². The van der Waals surface area contributed by atoms with E-state index in [-0.39, 0.29) is 5.95 Å². The van der Waals surface area contributed by atoms with Crippen molar-refractivity contribution in [3.8, 4) is 0 Å². The molecule has 0 radical (unpaired) electrons. The van der Waals surface area contributed by atoms with Crippen LogP contribution >= 0.6 is 0 Å². The third-order valence-electron chi connectivity index (χ3n) is 2.17. The SMILES string of the molecule is O=[N+]([O-])c1ncc[nH]1.OC[C@H]1OC(O)[C@@H](O)[C@@H]1O. The molecule has 18 heavy (non-hydrogen) atoms. The highest BCUT2D eigenvalue weighted by Crippen LogP contribution is 2.18. The molecular weight excluding hydrogens is 250 g/mol. The summed E-state index contributed by atoms with van der Waals surface area (Å²) in [5.41, 5.74) is 0. The van der Waals surface area contributed by atoms with E-state index in [1.54, 1.807) is 0 Å². The molecule has 1 aromatic heterocycles. The lowest BCUT2D eigenvalue weighted by atomic mass is 10.1. The molecule has 2 rings (SSSR count). The third-order valence-corrected chi connectivity index (χ3v) is 2.17. The maximum atomic E-state index is 9.77. The van der Waals surface area contributed by atoms with E-state index in [1.807, 2.05) is 0 Å². The standard InChI is InChI=1S/C5H10O5.C3H3N3O2/c6-1-2-3(7)4(8)5(9)10-2;7-6(8)3-4-1-2-5-3/h2-9H,1H2;1-2H,(H,4,5)/t2-,3-,4+,5?;/m1./s1. The van der Waals surface area contributed by atoms with E-state index in [1.165, 1.54) is 12.4 Å². The molecule has 0 spiro atoms. The molecule has 4 atom stereocenters. The van der Waals surface area contributed by atoms with E-state index in [9.17, 15) is 10.1 Å². The maximum absolute atomic E-state index is 9.77. The van der Waals surface area contributed by atoms with Crippen LogP contribution in [0.3, 0.4) is 0 Å². The van der Waals surface area contributed by atoms with Crippen molar-refractivity contribution in [1.29, 1.82) is 0 Å². The summed E-state index contributed by atoms with van der Waals surface area (Å²) in [5, 5.41) is 44.7. The Hall–Kier alpha value is -1.59. The summed E-state index contributed by atoms with van der Waals surface area (Å²) < 4.78 is 4.54. The highest BCUT2D eigenvalue weighted by atomic mass is 16.6. The van der Waals surface area contributed by atoms with E-state index >= 15 is 0 Å². The molecule has 0 aliphatic carbocycles. The fraction of sp³-hybridized carbons (Fsp3) is 0.625. The molecule has 1 aliphatic heterocycles. The van der Waals surface area contributed by atoms with E-state index in [0.29, 0.717) is 0 Å². The molecule has 10 nitrogen and oxygen atoms in total. The zero-order valence-electron chi connectivity index (χ0n) is 9.08. The lowest BCUT2D eigenvalue weighted by molar-refractivity contribution is -0.393. The fourth-order valence-corrected chi connectivity index (χ4v) is 1.24. The van der Waals surface area contributed by atoms with Gasteiger partial charge in [0.2, 0.25) is 0 Å². The molecule has 0 aromatic carbocycles. The van der Waals surface area contributed by atoms with Crippen molar-refractivity contribution in [2.75, 3.05) is 6.61 Å². The van der Waals surface area contributed by atoms with Gasteiger partial charge in [-0.05, 0) is 4.92 Å². The molecule has 1 aliphatic rings. The number of aromatic amines is 1. The molecule has 2 heterocycles. The van der Waals surface area contributed by atoms with Crippen LogP contribution in [0.5, 0.6) is 0 Å².